The Morgan fingerprint density at radius 3 is 2.41 bits per heavy atom. The van der Waals surface area contributed by atoms with Crippen molar-refractivity contribution >= 4 is 5.84 Å². The minimum absolute atomic E-state index is 0.0929. The van der Waals surface area contributed by atoms with E-state index >= 15 is 0 Å². The second-order valence-corrected chi connectivity index (χ2v) is 7.41. The lowest BCUT2D eigenvalue weighted by atomic mass is 9.70. The average molecular weight is 390 g/mol. The maximum Gasteiger partial charge on any atom is 0.170 e. The van der Waals surface area contributed by atoms with Crippen molar-refractivity contribution in [2.75, 3.05) is 0 Å². The van der Waals surface area contributed by atoms with Crippen molar-refractivity contribution in [1.82, 2.24) is 9.97 Å². The molecule has 2 aromatic heterocycles. The van der Waals surface area contributed by atoms with E-state index in [1.165, 1.54) is 0 Å². The van der Waals surface area contributed by atoms with E-state index in [1.54, 1.807) is 12.4 Å². The molecule has 1 atom stereocenters. The number of benzene rings is 1. The quantitative estimate of drug-likeness (QED) is 0.274. The maximum absolute atomic E-state index is 8.86. The molecule has 150 valence electrons. The van der Waals surface area contributed by atoms with Crippen molar-refractivity contribution in [3.63, 3.8) is 0 Å². The van der Waals surface area contributed by atoms with Crippen LogP contribution >= 0.6 is 0 Å². The third-order valence-corrected chi connectivity index (χ3v) is 5.42. The molecule has 2 heterocycles. The summed E-state index contributed by atoms with van der Waals surface area (Å²) in [7, 11) is 0. The molecular formula is C23H26N4O2. The minimum atomic E-state index is -0.302. The second kappa shape index (κ2) is 8.73. The number of ether oxygens (including phenoxy) is 1. The Morgan fingerprint density at radius 1 is 1.10 bits per heavy atom. The van der Waals surface area contributed by atoms with Crippen molar-refractivity contribution in [3.05, 3.63) is 89.5 Å². The number of hydrogen-bond acceptors (Lipinski definition) is 5. The number of amidine groups is 1. The van der Waals surface area contributed by atoms with E-state index in [0.29, 0.717) is 23.8 Å². The third kappa shape index (κ3) is 4.37. The van der Waals surface area contributed by atoms with Gasteiger partial charge in [0.15, 0.2) is 5.84 Å². The van der Waals surface area contributed by atoms with Crippen molar-refractivity contribution in [2.45, 2.75) is 32.8 Å². The average Bonchev–Trinajstić information content (AvgIpc) is 2.77. The first kappa shape index (κ1) is 20.3. The van der Waals surface area contributed by atoms with Crippen molar-refractivity contribution in [2.24, 2.45) is 16.8 Å². The zero-order valence-corrected chi connectivity index (χ0v) is 16.9. The van der Waals surface area contributed by atoms with Crippen LogP contribution in [-0.2, 0) is 12.0 Å². The lowest BCUT2D eigenvalue weighted by Gasteiger charge is -2.34. The molecule has 0 radical (unpaired) electrons. The molecular weight excluding hydrogens is 364 g/mol. The molecule has 29 heavy (non-hydrogen) atoms. The summed E-state index contributed by atoms with van der Waals surface area (Å²) in [5.41, 5.74) is 8.98. The smallest absolute Gasteiger partial charge is 0.170 e. The van der Waals surface area contributed by atoms with Crippen LogP contribution < -0.4 is 10.5 Å². The summed E-state index contributed by atoms with van der Waals surface area (Å²) >= 11 is 0. The first-order valence-corrected chi connectivity index (χ1v) is 9.53. The van der Waals surface area contributed by atoms with Gasteiger partial charge in [-0.25, -0.2) is 0 Å². The van der Waals surface area contributed by atoms with Crippen LogP contribution in [0.25, 0.3) is 0 Å². The highest BCUT2D eigenvalue weighted by Crippen LogP contribution is 2.38. The van der Waals surface area contributed by atoms with Crippen molar-refractivity contribution < 1.29 is 9.94 Å². The van der Waals surface area contributed by atoms with Gasteiger partial charge in [0.2, 0.25) is 0 Å². The Bertz CT molecular complexity index is 954. The topological polar surface area (TPSA) is 93.6 Å². The predicted octanol–water partition coefficient (Wildman–Crippen LogP) is 4.11. The first-order chi connectivity index (χ1) is 13.9. The lowest BCUT2D eigenvalue weighted by Crippen LogP contribution is -2.31. The molecule has 0 aliphatic heterocycles. The van der Waals surface area contributed by atoms with Crippen LogP contribution in [0.4, 0.5) is 0 Å². The van der Waals surface area contributed by atoms with Gasteiger partial charge in [0.05, 0.1) is 17.6 Å². The van der Waals surface area contributed by atoms with Crippen LogP contribution in [0.2, 0.25) is 0 Å². The van der Waals surface area contributed by atoms with E-state index in [-0.39, 0.29) is 11.3 Å². The number of rotatable bonds is 7. The van der Waals surface area contributed by atoms with E-state index in [4.69, 9.17) is 20.7 Å². The van der Waals surface area contributed by atoms with Gasteiger partial charge in [-0.2, -0.15) is 0 Å². The van der Waals surface area contributed by atoms with Gasteiger partial charge in [-0.05, 0) is 42.7 Å². The van der Waals surface area contributed by atoms with Crippen molar-refractivity contribution in [3.8, 4) is 5.75 Å². The fraction of sp³-hybridized carbons (Fsp3) is 0.261. The van der Waals surface area contributed by atoms with Gasteiger partial charge in [0.1, 0.15) is 12.4 Å². The molecule has 1 unspecified atom stereocenters. The van der Waals surface area contributed by atoms with E-state index in [2.05, 4.69) is 30.9 Å². The predicted molar refractivity (Wildman–Crippen MR) is 113 cm³/mol. The fourth-order valence-electron chi connectivity index (χ4n) is 3.24. The third-order valence-electron chi connectivity index (χ3n) is 5.42. The largest absolute Gasteiger partial charge is 0.486 e. The molecule has 0 aliphatic carbocycles. The minimum Gasteiger partial charge on any atom is -0.486 e. The van der Waals surface area contributed by atoms with Gasteiger partial charge in [-0.1, -0.05) is 49.3 Å². The van der Waals surface area contributed by atoms with Gasteiger partial charge >= 0.3 is 0 Å². The molecule has 0 aliphatic rings. The molecule has 3 aromatic rings. The van der Waals surface area contributed by atoms with Gasteiger partial charge in [0.25, 0.3) is 0 Å². The number of aromatic nitrogens is 2. The molecule has 0 fully saturated rings. The summed E-state index contributed by atoms with van der Waals surface area (Å²) in [4.78, 5) is 8.96. The zero-order chi connectivity index (χ0) is 20.9. The van der Waals surface area contributed by atoms with Crippen LogP contribution in [-0.4, -0.2) is 21.0 Å². The second-order valence-electron chi connectivity index (χ2n) is 7.41. The van der Waals surface area contributed by atoms with E-state index < -0.39 is 0 Å². The Labute approximate surface area is 171 Å². The molecule has 3 rings (SSSR count). The van der Waals surface area contributed by atoms with E-state index in [1.807, 2.05) is 54.6 Å². The Balaban J connectivity index is 1.83. The Hall–Kier alpha value is -3.41. The number of nitrogens with two attached hydrogens (primary N) is 1. The van der Waals surface area contributed by atoms with Gasteiger partial charge in [-0.3, -0.25) is 9.97 Å². The Kier molecular flexibility index (Phi) is 6.12. The summed E-state index contributed by atoms with van der Waals surface area (Å²) in [5.74, 6) is 1.09. The number of oxime groups is 1. The van der Waals surface area contributed by atoms with Crippen LogP contribution in [0.15, 0.2) is 72.1 Å². The SMILES string of the molecule is CC(C)C(C)(c1ccc(C(N)=NO)cc1)c1ccc(OCc2ccccn2)cn1. The van der Waals surface area contributed by atoms with E-state index in [9.17, 15) is 0 Å². The maximum atomic E-state index is 8.86. The molecule has 6 nitrogen and oxygen atoms in total. The van der Waals surface area contributed by atoms with Crippen LogP contribution in [0.5, 0.6) is 5.75 Å². The molecule has 0 saturated carbocycles. The molecule has 6 heteroatoms. The Morgan fingerprint density at radius 2 is 1.86 bits per heavy atom. The van der Waals surface area contributed by atoms with Crippen LogP contribution in [0.1, 0.15) is 43.3 Å². The van der Waals surface area contributed by atoms with Crippen molar-refractivity contribution in [1.29, 1.82) is 0 Å². The monoisotopic (exact) mass is 390 g/mol. The molecule has 0 spiro atoms. The molecule has 1 aromatic carbocycles. The van der Waals surface area contributed by atoms with Gasteiger partial charge in [0, 0.05) is 17.2 Å². The number of pyridine rings is 2. The van der Waals surface area contributed by atoms with E-state index in [0.717, 1.165) is 17.0 Å². The van der Waals surface area contributed by atoms with Crippen LogP contribution in [0, 0.1) is 5.92 Å². The summed E-state index contributed by atoms with van der Waals surface area (Å²) in [5, 5.41) is 11.9. The molecule has 0 saturated heterocycles. The molecule has 3 N–H and O–H groups in total. The number of hydrogen-bond donors (Lipinski definition) is 2. The highest BCUT2D eigenvalue weighted by Gasteiger charge is 2.34. The first-order valence-electron chi connectivity index (χ1n) is 9.53. The van der Waals surface area contributed by atoms with Gasteiger partial charge < -0.3 is 15.7 Å². The van der Waals surface area contributed by atoms with Gasteiger partial charge in [-0.15, -0.1) is 0 Å². The highest BCUT2D eigenvalue weighted by atomic mass is 16.5. The lowest BCUT2D eigenvalue weighted by molar-refractivity contribution is 0.299. The summed E-state index contributed by atoms with van der Waals surface area (Å²) < 4.78 is 5.80. The zero-order valence-electron chi connectivity index (χ0n) is 16.9. The molecule has 0 amide bonds. The summed E-state index contributed by atoms with van der Waals surface area (Å²) in [6.45, 7) is 6.92. The van der Waals surface area contributed by atoms with Crippen LogP contribution in [0.3, 0.4) is 0 Å². The summed E-state index contributed by atoms with van der Waals surface area (Å²) in [6.07, 6.45) is 3.50. The summed E-state index contributed by atoms with van der Waals surface area (Å²) in [6, 6.07) is 17.4. The normalized spacial score (nSPS) is 13.9. The fourth-order valence-corrected chi connectivity index (χ4v) is 3.24. The molecule has 0 bridgehead atoms. The highest BCUT2D eigenvalue weighted by molar-refractivity contribution is 5.97. The standard InChI is InChI=1S/C23H26N4O2/c1-16(2)23(3,18-9-7-17(8-10-18)22(24)27-28)21-12-11-20(14-26-21)29-15-19-6-4-5-13-25-19/h4-14,16,28H,15H2,1-3H3,(H2,24,27). The number of nitrogens with zero attached hydrogens (tertiary/aromatic N) is 3.